The molecular formula is C13H25NO. The molecule has 0 aromatic rings. The smallest absolute Gasteiger partial charge is 0.0541 e. The number of piperidine rings is 1. The molecule has 2 rings (SSSR count). The minimum absolute atomic E-state index is 0.0170. The van der Waals surface area contributed by atoms with Crippen LogP contribution >= 0.6 is 0 Å². The lowest BCUT2D eigenvalue weighted by molar-refractivity contribution is 0.0115. The molecule has 0 amide bonds. The molecule has 0 unspecified atom stereocenters. The SMILES string of the molecule is C[C@@H]1CCC[C@H](C)N1C1CCC(O)CC1. The van der Waals surface area contributed by atoms with Gasteiger partial charge in [0.1, 0.15) is 0 Å². The molecule has 0 aromatic heterocycles. The van der Waals surface area contributed by atoms with Crippen LogP contribution in [0.15, 0.2) is 0 Å². The molecule has 0 radical (unpaired) electrons. The minimum Gasteiger partial charge on any atom is -0.393 e. The number of hydrogen-bond acceptors (Lipinski definition) is 2. The van der Waals surface area contributed by atoms with Crippen molar-refractivity contribution in [3.63, 3.8) is 0 Å². The van der Waals surface area contributed by atoms with E-state index in [9.17, 15) is 5.11 Å². The summed E-state index contributed by atoms with van der Waals surface area (Å²) in [6, 6.07) is 2.27. The van der Waals surface area contributed by atoms with E-state index in [4.69, 9.17) is 0 Å². The Morgan fingerprint density at radius 3 is 1.93 bits per heavy atom. The second kappa shape index (κ2) is 4.84. The molecule has 88 valence electrons. The Morgan fingerprint density at radius 2 is 1.40 bits per heavy atom. The van der Waals surface area contributed by atoms with Gasteiger partial charge in [-0.05, 0) is 52.4 Å². The van der Waals surface area contributed by atoms with Gasteiger partial charge in [0, 0.05) is 18.1 Å². The highest BCUT2D eigenvalue weighted by atomic mass is 16.3. The van der Waals surface area contributed by atoms with Crippen molar-refractivity contribution in [2.45, 2.75) is 83.0 Å². The summed E-state index contributed by atoms with van der Waals surface area (Å²) in [5.74, 6) is 0. The number of aliphatic hydroxyl groups excluding tert-OH is 1. The van der Waals surface area contributed by atoms with E-state index >= 15 is 0 Å². The van der Waals surface area contributed by atoms with Crippen LogP contribution in [0.25, 0.3) is 0 Å². The summed E-state index contributed by atoms with van der Waals surface area (Å²) in [6.07, 6.45) is 8.55. The van der Waals surface area contributed by atoms with Crippen molar-refractivity contribution >= 4 is 0 Å². The lowest BCUT2D eigenvalue weighted by Crippen LogP contribution is -2.51. The minimum atomic E-state index is -0.0170. The Hall–Kier alpha value is -0.0800. The van der Waals surface area contributed by atoms with E-state index in [1.807, 2.05) is 0 Å². The molecule has 1 N–H and O–H groups in total. The fourth-order valence-electron chi connectivity index (χ4n) is 3.52. The van der Waals surface area contributed by atoms with Gasteiger partial charge in [0.25, 0.3) is 0 Å². The molecular weight excluding hydrogens is 186 g/mol. The van der Waals surface area contributed by atoms with Gasteiger partial charge in [0.05, 0.1) is 6.10 Å². The molecule has 2 heteroatoms. The van der Waals surface area contributed by atoms with Crippen molar-refractivity contribution in [3.8, 4) is 0 Å². The number of aliphatic hydroxyl groups is 1. The van der Waals surface area contributed by atoms with Gasteiger partial charge in [-0.25, -0.2) is 0 Å². The topological polar surface area (TPSA) is 23.5 Å². The van der Waals surface area contributed by atoms with Gasteiger partial charge < -0.3 is 5.11 Å². The molecule has 2 atom stereocenters. The van der Waals surface area contributed by atoms with Gasteiger partial charge in [-0.1, -0.05) is 6.42 Å². The summed E-state index contributed by atoms with van der Waals surface area (Å²) in [5.41, 5.74) is 0. The summed E-state index contributed by atoms with van der Waals surface area (Å²) in [7, 11) is 0. The van der Waals surface area contributed by atoms with Crippen LogP contribution in [0.3, 0.4) is 0 Å². The summed E-state index contributed by atoms with van der Waals surface area (Å²) in [5, 5.41) is 9.54. The molecule has 1 saturated carbocycles. The van der Waals surface area contributed by atoms with Crippen molar-refractivity contribution in [2.75, 3.05) is 0 Å². The molecule has 15 heavy (non-hydrogen) atoms. The molecule has 1 aliphatic heterocycles. The van der Waals surface area contributed by atoms with Gasteiger partial charge in [0.15, 0.2) is 0 Å². The quantitative estimate of drug-likeness (QED) is 0.720. The Kier molecular flexibility index (Phi) is 3.68. The van der Waals surface area contributed by atoms with E-state index in [0.717, 1.165) is 31.0 Å². The highest BCUT2D eigenvalue weighted by Crippen LogP contribution is 2.31. The number of likely N-dealkylation sites (tertiary alicyclic amines) is 1. The molecule has 2 nitrogen and oxygen atoms in total. The van der Waals surface area contributed by atoms with E-state index < -0.39 is 0 Å². The van der Waals surface area contributed by atoms with Gasteiger partial charge >= 0.3 is 0 Å². The predicted molar refractivity (Wildman–Crippen MR) is 62.9 cm³/mol. The van der Waals surface area contributed by atoms with Crippen LogP contribution < -0.4 is 0 Å². The first-order chi connectivity index (χ1) is 7.18. The monoisotopic (exact) mass is 211 g/mol. The summed E-state index contributed by atoms with van der Waals surface area (Å²) in [4.78, 5) is 2.73. The second-order valence-corrected chi connectivity index (χ2v) is 5.54. The fraction of sp³-hybridized carbons (Fsp3) is 1.00. The first-order valence-electron chi connectivity index (χ1n) is 6.64. The van der Waals surface area contributed by atoms with E-state index in [0.29, 0.717) is 0 Å². The third kappa shape index (κ3) is 2.54. The normalized spacial score (nSPS) is 44.2. The van der Waals surface area contributed by atoms with E-state index in [1.54, 1.807) is 0 Å². The van der Waals surface area contributed by atoms with Crippen molar-refractivity contribution in [1.82, 2.24) is 4.90 Å². The average Bonchev–Trinajstić information content (AvgIpc) is 2.20. The van der Waals surface area contributed by atoms with Crippen molar-refractivity contribution in [2.24, 2.45) is 0 Å². The third-order valence-corrected chi connectivity index (χ3v) is 4.35. The Bertz CT molecular complexity index is 189. The molecule has 0 spiro atoms. The summed E-state index contributed by atoms with van der Waals surface area (Å²) < 4.78 is 0. The van der Waals surface area contributed by atoms with Crippen LogP contribution in [0.1, 0.15) is 58.8 Å². The zero-order valence-electron chi connectivity index (χ0n) is 10.2. The summed E-state index contributed by atoms with van der Waals surface area (Å²) in [6.45, 7) is 4.75. The molecule has 2 fully saturated rings. The lowest BCUT2D eigenvalue weighted by atomic mass is 9.87. The molecule has 1 aliphatic carbocycles. The van der Waals surface area contributed by atoms with Gasteiger partial charge in [-0.2, -0.15) is 0 Å². The van der Waals surface area contributed by atoms with Crippen molar-refractivity contribution < 1.29 is 5.11 Å². The van der Waals surface area contributed by atoms with Crippen LogP contribution in [0.4, 0.5) is 0 Å². The van der Waals surface area contributed by atoms with E-state index in [1.165, 1.54) is 32.1 Å². The second-order valence-electron chi connectivity index (χ2n) is 5.54. The summed E-state index contributed by atoms with van der Waals surface area (Å²) >= 11 is 0. The van der Waals surface area contributed by atoms with Crippen LogP contribution in [0, 0.1) is 0 Å². The first kappa shape index (κ1) is 11.4. The van der Waals surface area contributed by atoms with Gasteiger partial charge in [-0.15, -0.1) is 0 Å². The molecule has 0 aromatic carbocycles. The predicted octanol–water partition coefficient (Wildman–Crippen LogP) is 2.55. The first-order valence-corrected chi connectivity index (χ1v) is 6.64. The molecule has 0 bridgehead atoms. The van der Waals surface area contributed by atoms with E-state index in [2.05, 4.69) is 18.7 Å². The molecule has 1 heterocycles. The third-order valence-electron chi connectivity index (χ3n) is 4.35. The van der Waals surface area contributed by atoms with Crippen LogP contribution in [-0.4, -0.2) is 34.2 Å². The number of rotatable bonds is 1. The number of hydrogen-bond donors (Lipinski definition) is 1. The average molecular weight is 211 g/mol. The maximum Gasteiger partial charge on any atom is 0.0541 e. The number of nitrogens with zero attached hydrogens (tertiary/aromatic N) is 1. The maximum atomic E-state index is 9.54. The maximum absolute atomic E-state index is 9.54. The zero-order chi connectivity index (χ0) is 10.8. The van der Waals surface area contributed by atoms with Crippen molar-refractivity contribution in [3.05, 3.63) is 0 Å². The van der Waals surface area contributed by atoms with Crippen LogP contribution in [-0.2, 0) is 0 Å². The Balaban J connectivity index is 1.95. The largest absolute Gasteiger partial charge is 0.393 e. The Labute approximate surface area is 93.7 Å². The zero-order valence-corrected chi connectivity index (χ0v) is 10.2. The highest BCUT2D eigenvalue weighted by Gasteiger charge is 2.32. The fourth-order valence-corrected chi connectivity index (χ4v) is 3.52. The standard InChI is InChI=1S/C13H25NO/c1-10-4-3-5-11(2)14(10)12-6-8-13(15)9-7-12/h10-13,15H,3-9H2,1-2H3/t10-,11+,12?,13?. The Morgan fingerprint density at radius 1 is 0.867 bits per heavy atom. The highest BCUT2D eigenvalue weighted by molar-refractivity contribution is 4.88. The van der Waals surface area contributed by atoms with Crippen LogP contribution in [0.5, 0.6) is 0 Å². The van der Waals surface area contributed by atoms with Crippen molar-refractivity contribution in [1.29, 1.82) is 0 Å². The molecule has 2 aliphatic rings. The lowest BCUT2D eigenvalue weighted by Gasteiger charge is -2.46. The van der Waals surface area contributed by atoms with E-state index in [-0.39, 0.29) is 6.10 Å². The molecule has 1 saturated heterocycles. The van der Waals surface area contributed by atoms with Crippen LogP contribution in [0.2, 0.25) is 0 Å². The van der Waals surface area contributed by atoms with Gasteiger partial charge in [0.2, 0.25) is 0 Å². The van der Waals surface area contributed by atoms with Gasteiger partial charge in [-0.3, -0.25) is 4.90 Å².